The number of fused-ring (bicyclic) bond motifs is 1. The SMILES string of the molecule is CCNCCN(c1ccc(NC(=C2C(=O)Nc3cc(C(=O)OC)ccc32)c2ccccc2)cc1)S(C)(=O)=O. The average Bonchev–Trinajstić information content (AvgIpc) is 3.24. The van der Waals surface area contributed by atoms with Gasteiger partial charge >= 0.3 is 5.97 Å². The molecule has 198 valence electrons. The summed E-state index contributed by atoms with van der Waals surface area (Å²) in [6.45, 7) is 3.55. The Kier molecular flexibility index (Phi) is 8.13. The van der Waals surface area contributed by atoms with Crippen LogP contribution in [0.2, 0.25) is 0 Å². The number of hydrogen-bond acceptors (Lipinski definition) is 7. The Morgan fingerprint density at radius 1 is 1.00 bits per heavy atom. The molecule has 0 unspecified atom stereocenters. The molecule has 0 bridgehead atoms. The topological polar surface area (TPSA) is 117 Å². The number of anilines is 3. The van der Waals surface area contributed by atoms with E-state index in [2.05, 4.69) is 16.0 Å². The standard InChI is InChI=1S/C28H30N4O5S/c1-4-29-16-17-32(38(3,35)36)22-13-11-21(12-14-22)30-26(19-8-6-5-7-9-19)25-23-15-10-20(28(34)37-2)18-24(23)31-27(25)33/h5-15,18,29-30H,4,16-17H2,1-3H3,(H,31,33). The van der Waals surface area contributed by atoms with Gasteiger partial charge in [-0.3, -0.25) is 9.10 Å². The highest BCUT2D eigenvalue weighted by atomic mass is 32.2. The molecule has 3 aromatic rings. The first kappa shape index (κ1) is 26.9. The van der Waals surface area contributed by atoms with E-state index in [-0.39, 0.29) is 5.91 Å². The van der Waals surface area contributed by atoms with E-state index in [9.17, 15) is 18.0 Å². The van der Waals surface area contributed by atoms with Crippen molar-refractivity contribution in [3.05, 3.63) is 89.5 Å². The zero-order valence-electron chi connectivity index (χ0n) is 21.4. The number of esters is 1. The van der Waals surface area contributed by atoms with Crippen LogP contribution in [0.1, 0.15) is 28.4 Å². The van der Waals surface area contributed by atoms with E-state index in [1.165, 1.54) is 17.7 Å². The molecule has 0 spiro atoms. The van der Waals surface area contributed by atoms with Crippen molar-refractivity contribution in [2.24, 2.45) is 0 Å². The molecule has 1 heterocycles. The third kappa shape index (κ3) is 5.87. The predicted molar refractivity (Wildman–Crippen MR) is 150 cm³/mol. The highest BCUT2D eigenvalue weighted by molar-refractivity contribution is 7.92. The number of sulfonamides is 1. The van der Waals surface area contributed by atoms with Gasteiger partial charge in [0.1, 0.15) is 0 Å². The summed E-state index contributed by atoms with van der Waals surface area (Å²) in [4.78, 5) is 25.1. The quantitative estimate of drug-likeness (QED) is 0.206. The van der Waals surface area contributed by atoms with Gasteiger partial charge < -0.3 is 20.7 Å². The molecule has 0 atom stereocenters. The van der Waals surface area contributed by atoms with Crippen molar-refractivity contribution in [2.75, 3.05) is 47.9 Å². The molecule has 1 aliphatic heterocycles. The number of ether oxygens (including phenoxy) is 1. The van der Waals surface area contributed by atoms with Gasteiger partial charge in [0.25, 0.3) is 5.91 Å². The van der Waals surface area contributed by atoms with Crippen LogP contribution >= 0.6 is 0 Å². The zero-order valence-corrected chi connectivity index (χ0v) is 22.3. The number of carbonyl (C=O) groups is 2. The number of amides is 1. The Labute approximate surface area is 222 Å². The van der Waals surface area contributed by atoms with Crippen LogP contribution < -0.4 is 20.3 Å². The number of rotatable bonds is 10. The second kappa shape index (κ2) is 11.5. The molecule has 0 aliphatic carbocycles. The Hall–Kier alpha value is -4.15. The number of likely N-dealkylation sites (N-methyl/N-ethyl adjacent to an activating group) is 1. The van der Waals surface area contributed by atoms with E-state index in [4.69, 9.17) is 4.74 Å². The maximum Gasteiger partial charge on any atom is 0.337 e. The van der Waals surface area contributed by atoms with Crippen LogP contribution in [0.15, 0.2) is 72.8 Å². The summed E-state index contributed by atoms with van der Waals surface area (Å²) >= 11 is 0. The van der Waals surface area contributed by atoms with E-state index in [0.29, 0.717) is 52.5 Å². The first-order chi connectivity index (χ1) is 18.2. The van der Waals surface area contributed by atoms with Crippen LogP contribution in [-0.4, -0.2) is 53.3 Å². The highest BCUT2D eigenvalue weighted by Crippen LogP contribution is 2.38. The van der Waals surface area contributed by atoms with Crippen molar-refractivity contribution >= 4 is 50.2 Å². The molecule has 0 aromatic heterocycles. The fourth-order valence-electron chi connectivity index (χ4n) is 4.25. The van der Waals surface area contributed by atoms with Crippen LogP contribution in [0.25, 0.3) is 11.3 Å². The van der Waals surface area contributed by atoms with Gasteiger partial charge in [0.15, 0.2) is 0 Å². The first-order valence-electron chi connectivity index (χ1n) is 12.1. The lowest BCUT2D eigenvalue weighted by molar-refractivity contribution is -0.110. The van der Waals surface area contributed by atoms with Crippen LogP contribution in [0, 0.1) is 0 Å². The molecule has 3 aromatic carbocycles. The fraction of sp³-hybridized carbons (Fsp3) is 0.214. The van der Waals surface area contributed by atoms with E-state index >= 15 is 0 Å². The lowest BCUT2D eigenvalue weighted by Gasteiger charge is -2.23. The molecule has 10 heteroatoms. The number of nitrogens with one attached hydrogen (secondary N) is 3. The summed E-state index contributed by atoms with van der Waals surface area (Å²) in [5, 5.41) is 9.35. The fourth-order valence-corrected chi connectivity index (χ4v) is 5.18. The molecule has 3 N–H and O–H groups in total. The van der Waals surface area contributed by atoms with Gasteiger partial charge in [-0.05, 0) is 48.5 Å². The molecule has 38 heavy (non-hydrogen) atoms. The summed E-state index contributed by atoms with van der Waals surface area (Å²) in [5.74, 6) is -0.800. The molecular formula is C28H30N4O5S. The lowest BCUT2D eigenvalue weighted by Crippen LogP contribution is -2.36. The zero-order chi connectivity index (χ0) is 27.3. The summed E-state index contributed by atoms with van der Waals surface area (Å²) in [7, 11) is -2.16. The van der Waals surface area contributed by atoms with E-state index < -0.39 is 16.0 Å². The summed E-state index contributed by atoms with van der Waals surface area (Å²) in [5.41, 5.74) is 4.51. The van der Waals surface area contributed by atoms with Crippen LogP contribution in [0.5, 0.6) is 0 Å². The smallest absolute Gasteiger partial charge is 0.337 e. The molecule has 9 nitrogen and oxygen atoms in total. The summed E-state index contributed by atoms with van der Waals surface area (Å²) in [6.07, 6.45) is 1.19. The van der Waals surface area contributed by atoms with Gasteiger partial charge in [-0.15, -0.1) is 0 Å². The van der Waals surface area contributed by atoms with Crippen molar-refractivity contribution in [3.63, 3.8) is 0 Å². The van der Waals surface area contributed by atoms with Gasteiger partial charge in [-0.1, -0.05) is 43.3 Å². The van der Waals surface area contributed by atoms with E-state index in [1.54, 1.807) is 42.5 Å². The van der Waals surface area contributed by atoms with Gasteiger partial charge in [0.05, 0.1) is 41.6 Å². The summed E-state index contributed by atoms with van der Waals surface area (Å²) in [6, 6.07) is 21.4. The molecule has 0 saturated heterocycles. The Morgan fingerprint density at radius 3 is 2.34 bits per heavy atom. The molecule has 4 rings (SSSR count). The minimum absolute atomic E-state index is 0.309. The number of benzene rings is 3. The number of carbonyl (C=O) groups excluding carboxylic acids is 2. The minimum atomic E-state index is -3.47. The molecule has 0 fully saturated rings. The van der Waals surface area contributed by atoms with Crippen molar-refractivity contribution in [2.45, 2.75) is 6.92 Å². The Bertz CT molecular complexity index is 1470. The highest BCUT2D eigenvalue weighted by Gasteiger charge is 2.29. The van der Waals surface area contributed by atoms with Crippen LogP contribution in [0.3, 0.4) is 0 Å². The normalized spacial score (nSPS) is 13.9. The number of hydrogen-bond donors (Lipinski definition) is 3. The molecule has 1 aliphatic rings. The van der Waals surface area contributed by atoms with Crippen molar-refractivity contribution in [1.29, 1.82) is 0 Å². The van der Waals surface area contributed by atoms with Gasteiger partial charge in [0.2, 0.25) is 10.0 Å². The molecule has 0 radical (unpaired) electrons. The monoisotopic (exact) mass is 534 g/mol. The Balaban J connectivity index is 1.72. The van der Waals surface area contributed by atoms with Crippen molar-refractivity contribution in [1.82, 2.24) is 5.32 Å². The van der Waals surface area contributed by atoms with Gasteiger partial charge in [-0.25, -0.2) is 13.2 Å². The maximum atomic E-state index is 13.2. The van der Waals surface area contributed by atoms with E-state index in [1.807, 2.05) is 37.3 Å². The predicted octanol–water partition coefficient (Wildman–Crippen LogP) is 3.78. The summed E-state index contributed by atoms with van der Waals surface area (Å²) < 4.78 is 30.9. The van der Waals surface area contributed by atoms with Crippen molar-refractivity contribution in [3.8, 4) is 0 Å². The molecule has 1 amide bonds. The third-order valence-corrected chi connectivity index (χ3v) is 7.26. The average molecular weight is 535 g/mol. The van der Waals surface area contributed by atoms with Crippen molar-refractivity contribution < 1.29 is 22.7 Å². The molecular weight excluding hydrogens is 504 g/mol. The van der Waals surface area contributed by atoms with E-state index in [0.717, 1.165) is 12.1 Å². The van der Waals surface area contributed by atoms with Crippen LogP contribution in [0.4, 0.5) is 17.1 Å². The van der Waals surface area contributed by atoms with Gasteiger partial charge in [0, 0.05) is 24.3 Å². The maximum absolute atomic E-state index is 13.2. The third-order valence-electron chi connectivity index (χ3n) is 6.06. The second-order valence-corrected chi connectivity index (χ2v) is 10.6. The minimum Gasteiger partial charge on any atom is -0.465 e. The second-order valence-electron chi connectivity index (χ2n) is 8.68. The molecule has 0 saturated carbocycles. The largest absolute Gasteiger partial charge is 0.465 e. The van der Waals surface area contributed by atoms with Crippen LogP contribution in [-0.2, 0) is 19.6 Å². The lowest BCUT2D eigenvalue weighted by atomic mass is 9.99. The number of methoxy groups -OCH3 is 1. The Morgan fingerprint density at radius 2 is 1.71 bits per heavy atom. The first-order valence-corrected chi connectivity index (χ1v) is 14.0. The number of nitrogens with zero attached hydrogens (tertiary/aromatic N) is 1. The van der Waals surface area contributed by atoms with Gasteiger partial charge in [-0.2, -0.15) is 0 Å².